The zero-order valence-electron chi connectivity index (χ0n) is 21.4. The van der Waals surface area contributed by atoms with E-state index in [1.54, 1.807) is 6.07 Å². The lowest BCUT2D eigenvalue weighted by Gasteiger charge is -2.39. The summed E-state index contributed by atoms with van der Waals surface area (Å²) < 4.78 is 43.7. The molecule has 1 aliphatic carbocycles. The summed E-state index contributed by atoms with van der Waals surface area (Å²) in [4.78, 5) is 24.1. The number of carbonyl (C=O) groups excluding carboxylic acids is 1. The van der Waals surface area contributed by atoms with Crippen LogP contribution in [0.15, 0.2) is 18.2 Å². The zero-order valence-corrected chi connectivity index (χ0v) is 21.4. The van der Waals surface area contributed by atoms with Crippen molar-refractivity contribution in [2.24, 2.45) is 11.3 Å². The lowest BCUT2D eigenvalue weighted by molar-refractivity contribution is -0.147. The van der Waals surface area contributed by atoms with Crippen LogP contribution in [0, 0.1) is 25.2 Å². The van der Waals surface area contributed by atoms with Crippen LogP contribution < -0.4 is 5.32 Å². The van der Waals surface area contributed by atoms with Gasteiger partial charge in [0, 0.05) is 24.4 Å². The van der Waals surface area contributed by atoms with Crippen LogP contribution in [0.4, 0.5) is 18.9 Å². The van der Waals surface area contributed by atoms with Gasteiger partial charge in [0.2, 0.25) is 5.91 Å². The number of aliphatic carboxylic acids is 1. The Balaban J connectivity index is 1.85. The van der Waals surface area contributed by atoms with Crippen LogP contribution in [0.3, 0.4) is 0 Å². The number of rotatable bonds is 9. The van der Waals surface area contributed by atoms with Gasteiger partial charge in [-0.05, 0) is 62.5 Å². The predicted molar refractivity (Wildman–Crippen MR) is 130 cm³/mol. The Morgan fingerprint density at radius 2 is 1.86 bits per heavy atom. The number of amides is 1. The van der Waals surface area contributed by atoms with Crippen LogP contribution >= 0.6 is 0 Å². The predicted octanol–water partition coefficient (Wildman–Crippen LogP) is 6.28. The molecule has 2 aromatic rings. The third-order valence-corrected chi connectivity index (χ3v) is 6.63. The van der Waals surface area contributed by atoms with Crippen molar-refractivity contribution in [1.82, 2.24) is 15.0 Å². The molecular weight excluding hydrogens is 473 g/mol. The first-order valence-corrected chi connectivity index (χ1v) is 12.2. The van der Waals surface area contributed by atoms with Gasteiger partial charge in [0.25, 0.3) is 0 Å². The minimum atomic E-state index is -4.74. The highest BCUT2D eigenvalue weighted by Gasteiger charge is 2.45. The summed E-state index contributed by atoms with van der Waals surface area (Å²) in [5, 5.41) is 19.6. The normalized spacial score (nSPS) is 19.0. The Bertz CT molecular complexity index is 1100. The molecule has 1 atom stereocenters. The molecule has 0 saturated heterocycles. The second-order valence-electron chi connectivity index (χ2n) is 11.2. The van der Waals surface area contributed by atoms with E-state index in [4.69, 9.17) is 5.11 Å². The number of halogens is 3. The number of carboxylic acid groups (broad SMARTS) is 1. The van der Waals surface area contributed by atoms with Gasteiger partial charge in [-0.3, -0.25) is 9.59 Å². The molecule has 3 rings (SSSR count). The number of nitrogens with zero attached hydrogens (tertiary/aromatic N) is 3. The highest BCUT2D eigenvalue weighted by atomic mass is 19.4. The summed E-state index contributed by atoms with van der Waals surface area (Å²) in [6, 6.07) is 5.02. The van der Waals surface area contributed by atoms with Gasteiger partial charge < -0.3 is 10.4 Å². The van der Waals surface area contributed by atoms with E-state index in [0.717, 1.165) is 22.2 Å². The molecule has 0 spiro atoms. The maximum atomic E-state index is 14.2. The SMILES string of the molecule is Cc1ccc(NC(=O)C[C@H](CCC(=O)O)c2nnn(C3CC(CC(C)(C)C)C3)c2C(F)(F)F)c(C)c1. The van der Waals surface area contributed by atoms with E-state index in [1.165, 1.54) is 0 Å². The van der Waals surface area contributed by atoms with E-state index in [9.17, 15) is 22.8 Å². The summed E-state index contributed by atoms with van der Waals surface area (Å²) in [5.41, 5.74) is 1.14. The van der Waals surface area contributed by atoms with E-state index >= 15 is 0 Å². The molecule has 0 bridgehead atoms. The minimum absolute atomic E-state index is 0.0844. The van der Waals surface area contributed by atoms with Crippen LogP contribution in [0.5, 0.6) is 0 Å². The average molecular weight is 509 g/mol. The van der Waals surface area contributed by atoms with Crippen molar-refractivity contribution < 1.29 is 27.9 Å². The third kappa shape index (κ3) is 7.07. The van der Waals surface area contributed by atoms with Gasteiger partial charge in [0.05, 0.1) is 11.7 Å². The zero-order chi connectivity index (χ0) is 26.8. The molecule has 10 heteroatoms. The van der Waals surface area contributed by atoms with E-state index in [-0.39, 0.29) is 30.4 Å². The van der Waals surface area contributed by atoms with Gasteiger partial charge in [-0.1, -0.05) is 43.7 Å². The highest BCUT2D eigenvalue weighted by Crippen LogP contribution is 2.47. The number of alkyl halides is 3. The van der Waals surface area contributed by atoms with E-state index in [1.807, 2.05) is 26.0 Å². The molecule has 2 N–H and O–H groups in total. The first-order valence-electron chi connectivity index (χ1n) is 12.2. The molecule has 0 unspecified atom stereocenters. The fraction of sp³-hybridized carbons (Fsp3) is 0.615. The fourth-order valence-corrected chi connectivity index (χ4v) is 5.06. The largest absolute Gasteiger partial charge is 0.481 e. The van der Waals surface area contributed by atoms with Crippen molar-refractivity contribution in [2.75, 3.05) is 5.32 Å². The van der Waals surface area contributed by atoms with Crippen molar-refractivity contribution in [3.8, 4) is 0 Å². The molecule has 1 amide bonds. The minimum Gasteiger partial charge on any atom is -0.481 e. The number of carbonyl (C=O) groups is 2. The van der Waals surface area contributed by atoms with E-state index in [0.29, 0.717) is 24.4 Å². The molecule has 1 aromatic carbocycles. The fourth-order valence-electron chi connectivity index (χ4n) is 5.06. The smallest absolute Gasteiger partial charge is 0.434 e. The Morgan fingerprint density at radius 1 is 1.19 bits per heavy atom. The highest BCUT2D eigenvalue weighted by molar-refractivity contribution is 5.92. The summed E-state index contributed by atoms with van der Waals surface area (Å²) >= 11 is 0. The van der Waals surface area contributed by atoms with Crippen molar-refractivity contribution in [2.45, 2.75) is 91.3 Å². The molecule has 198 valence electrons. The Labute approximate surface area is 209 Å². The van der Waals surface area contributed by atoms with Crippen LogP contribution in [0.25, 0.3) is 0 Å². The monoisotopic (exact) mass is 508 g/mol. The first kappa shape index (κ1) is 27.7. The topological polar surface area (TPSA) is 97.1 Å². The summed E-state index contributed by atoms with van der Waals surface area (Å²) in [7, 11) is 0. The van der Waals surface area contributed by atoms with Crippen LogP contribution in [-0.4, -0.2) is 32.0 Å². The Kier molecular flexibility index (Phi) is 8.15. The number of anilines is 1. The molecule has 36 heavy (non-hydrogen) atoms. The number of hydrogen-bond acceptors (Lipinski definition) is 4. The van der Waals surface area contributed by atoms with Crippen molar-refractivity contribution in [3.63, 3.8) is 0 Å². The van der Waals surface area contributed by atoms with Crippen LogP contribution in [-0.2, 0) is 15.8 Å². The molecule has 1 saturated carbocycles. The van der Waals surface area contributed by atoms with Gasteiger partial charge in [0.1, 0.15) is 0 Å². The molecule has 0 aliphatic heterocycles. The van der Waals surface area contributed by atoms with Gasteiger partial charge in [-0.2, -0.15) is 13.2 Å². The molecule has 1 aliphatic rings. The number of benzene rings is 1. The maximum Gasteiger partial charge on any atom is 0.434 e. The molecule has 1 aromatic heterocycles. The van der Waals surface area contributed by atoms with Gasteiger partial charge in [-0.25, -0.2) is 4.68 Å². The second kappa shape index (κ2) is 10.6. The average Bonchev–Trinajstić information content (AvgIpc) is 3.14. The van der Waals surface area contributed by atoms with Gasteiger partial charge >= 0.3 is 12.1 Å². The third-order valence-electron chi connectivity index (χ3n) is 6.63. The Morgan fingerprint density at radius 3 is 2.42 bits per heavy atom. The number of aryl methyl sites for hydroxylation is 2. The van der Waals surface area contributed by atoms with Gasteiger partial charge in [-0.15, -0.1) is 5.10 Å². The molecule has 7 nitrogen and oxygen atoms in total. The number of nitrogens with one attached hydrogen (secondary N) is 1. The summed E-state index contributed by atoms with van der Waals surface area (Å²) in [5.74, 6) is -2.38. The standard InChI is InChI=1S/C26H35F3N4O3/c1-15-6-8-20(16(2)10-15)30-21(34)13-18(7-9-22(35)36)23-24(26(27,28)29)33(32-31-23)19-11-17(12-19)14-25(3,4)5/h6,8,10,17-19H,7,9,11-14H2,1-5H3,(H,30,34)(H,35,36)/t17?,18-,19?/m0/s1. The van der Waals surface area contributed by atoms with Crippen molar-refractivity contribution in [1.29, 1.82) is 0 Å². The van der Waals surface area contributed by atoms with E-state index in [2.05, 4.69) is 36.4 Å². The van der Waals surface area contributed by atoms with Crippen LogP contribution in [0.2, 0.25) is 0 Å². The molecule has 0 radical (unpaired) electrons. The van der Waals surface area contributed by atoms with Crippen molar-refractivity contribution >= 4 is 17.6 Å². The number of aromatic nitrogens is 3. The lowest BCUT2D eigenvalue weighted by Crippen LogP contribution is -2.33. The van der Waals surface area contributed by atoms with E-state index < -0.39 is 35.7 Å². The molecule has 1 fully saturated rings. The number of hydrogen-bond donors (Lipinski definition) is 2. The lowest BCUT2D eigenvalue weighted by atomic mass is 9.71. The summed E-state index contributed by atoms with van der Waals surface area (Å²) in [6.45, 7) is 10.0. The molecule has 1 heterocycles. The maximum absolute atomic E-state index is 14.2. The second-order valence-corrected chi connectivity index (χ2v) is 11.2. The quantitative estimate of drug-likeness (QED) is 0.416. The molecular formula is C26H35F3N4O3. The number of carboxylic acids is 1. The summed E-state index contributed by atoms with van der Waals surface area (Å²) in [6.07, 6.45) is -3.55. The van der Waals surface area contributed by atoms with Crippen LogP contribution in [0.1, 0.15) is 93.8 Å². The van der Waals surface area contributed by atoms with Gasteiger partial charge in [0.15, 0.2) is 5.69 Å². The van der Waals surface area contributed by atoms with Crippen molar-refractivity contribution in [3.05, 3.63) is 40.7 Å². The first-order chi connectivity index (χ1) is 16.6. The Hall–Kier alpha value is -2.91.